The number of aryl methyl sites for hydroxylation is 1. The van der Waals surface area contributed by atoms with Crippen molar-refractivity contribution in [1.29, 1.82) is 0 Å². The van der Waals surface area contributed by atoms with E-state index < -0.39 is 10.0 Å². The smallest absolute Gasteiger partial charge is 0.264 e. The second-order valence-corrected chi connectivity index (χ2v) is 8.86. The summed E-state index contributed by atoms with van der Waals surface area (Å²) in [6.45, 7) is 0.487. The Kier molecular flexibility index (Phi) is 5.45. The minimum Gasteiger partial charge on any atom is -0.484 e. The zero-order valence-electron chi connectivity index (χ0n) is 15.3. The lowest BCUT2D eigenvalue weighted by Gasteiger charge is -2.29. The first kappa shape index (κ1) is 19.3. The Morgan fingerprint density at radius 3 is 2.79 bits per heavy atom. The van der Waals surface area contributed by atoms with E-state index >= 15 is 0 Å². The van der Waals surface area contributed by atoms with Gasteiger partial charge in [0.15, 0.2) is 6.61 Å². The molecule has 8 nitrogen and oxygen atoms in total. The van der Waals surface area contributed by atoms with E-state index in [9.17, 15) is 13.2 Å². The summed E-state index contributed by atoms with van der Waals surface area (Å²) in [6.07, 6.45) is 2.73. The largest absolute Gasteiger partial charge is 0.484 e. The monoisotopic (exact) mass is 430 g/mol. The van der Waals surface area contributed by atoms with Gasteiger partial charge in [-0.15, -0.1) is 0 Å². The van der Waals surface area contributed by atoms with Crippen LogP contribution < -0.4 is 14.4 Å². The average Bonchev–Trinajstić information content (AvgIpc) is 3.24. The molecule has 0 unspecified atom stereocenters. The van der Waals surface area contributed by atoms with Gasteiger partial charge in [-0.2, -0.15) is 4.37 Å². The second kappa shape index (κ2) is 8.18. The van der Waals surface area contributed by atoms with E-state index in [-0.39, 0.29) is 22.5 Å². The summed E-state index contributed by atoms with van der Waals surface area (Å²) in [7, 11) is -3.77. The summed E-state index contributed by atoms with van der Waals surface area (Å²) in [5, 5.41) is 0.206. The molecule has 29 heavy (non-hydrogen) atoms. The third kappa shape index (κ3) is 4.38. The molecule has 0 fully saturated rings. The van der Waals surface area contributed by atoms with E-state index in [0.717, 1.165) is 23.5 Å². The fourth-order valence-electron chi connectivity index (χ4n) is 3.13. The predicted molar refractivity (Wildman–Crippen MR) is 110 cm³/mol. The Balaban J connectivity index is 1.51. The molecule has 10 heteroatoms. The molecule has 2 aromatic carbocycles. The number of anilines is 2. The summed E-state index contributed by atoms with van der Waals surface area (Å²) in [5.74, 6) is 0.458. The average molecular weight is 431 g/mol. The number of fused-ring (bicyclic) bond motifs is 1. The molecule has 0 aliphatic carbocycles. The summed E-state index contributed by atoms with van der Waals surface area (Å²) in [6, 6.07) is 13.9. The number of sulfonamides is 1. The molecular weight excluding hydrogens is 412 g/mol. The summed E-state index contributed by atoms with van der Waals surface area (Å²) < 4.78 is 36.9. The number of carbonyl (C=O) groups excluding carboxylic acids is 1. The highest BCUT2D eigenvalue weighted by Crippen LogP contribution is 2.30. The van der Waals surface area contributed by atoms with Gasteiger partial charge in [0.05, 0.1) is 4.90 Å². The summed E-state index contributed by atoms with van der Waals surface area (Å²) in [5.41, 5.74) is 1.53. The highest BCUT2D eigenvalue weighted by molar-refractivity contribution is 7.93. The minimum atomic E-state index is -3.77. The first-order chi connectivity index (χ1) is 14.0. The predicted octanol–water partition coefficient (Wildman–Crippen LogP) is 2.70. The van der Waals surface area contributed by atoms with Crippen LogP contribution in [0.5, 0.6) is 5.75 Å². The van der Waals surface area contributed by atoms with Gasteiger partial charge in [0, 0.05) is 23.8 Å². The van der Waals surface area contributed by atoms with Crippen LogP contribution in [0.25, 0.3) is 0 Å². The maximum Gasteiger partial charge on any atom is 0.264 e. The van der Waals surface area contributed by atoms with Gasteiger partial charge in [-0.05, 0) is 48.7 Å². The van der Waals surface area contributed by atoms with Crippen LogP contribution in [0.1, 0.15) is 12.0 Å². The number of para-hydroxylation sites is 1. The standard InChI is InChI=1S/C19H18N4O4S2/c24-18(12-27-15-6-2-1-3-7-15)23-10-4-5-14-11-16(8-9-17(14)23)29(25,26)22-19-20-13-21-28-19/h1-3,6-9,11,13H,4-5,10,12H2,(H,20,21,22). The number of ether oxygens (including phenoxy) is 1. The Hall–Kier alpha value is -2.98. The van der Waals surface area contributed by atoms with E-state index in [1.165, 1.54) is 12.4 Å². The van der Waals surface area contributed by atoms with Crippen LogP contribution in [0, 0.1) is 0 Å². The van der Waals surface area contributed by atoms with Crippen molar-refractivity contribution in [3.63, 3.8) is 0 Å². The SMILES string of the molecule is O=C(COc1ccccc1)N1CCCc2cc(S(=O)(=O)Nc3ncns3)ccc21. The van der Waals surface area contributed by atoms with E-state index in [0.29, 0.717) is 24.4 Å². The highest BCUT2D eigenvalue weighted by atomic mass is 32.2. The fourth-order valence-corrected chi connectivity index (χ4v) is 4.84. The van der Waals surface area contributed by atoms with Crippen LogP contribution in [-0.2, 0) is 21.2 Å². The molecular formula is C19H18N4O4S2. The van der Waals surface area contributed by atoms with E-state index in [4.69, 9.17) is 4.74 Å². The van der Waals surface area contributed by atoms with Gasteiger partial charge in [0.25, 0.3) is 15.9 Å². The summed E-state index contributed by atoms with van der Waals surface area (Å²) in [4.78, 5) is 18.3. The van der Waals surface area contributed by atoms with Gasteiger partial charge < -0.3 is 9.64 Å². The molecule has 1 N–H and O–H groups in total. The van der Waals surface area contributed by atoms with Gasteiger partial charge in [-0.1, -0.05) is 18.2 Å². The van der Waals surface area contributed by atoms with Crippen LogP contribution in [0.4, 0.5) is 10.8 Å². The number of rotatable bonds is 6. The van der Waals surface area contributed by atoms with Gasteiger partial charge in [-0.3, -0.25) is 9.52 Å². The van der Waals surface area contributed by atoms with Gasteiger partial charge in [0.2, 0.25) is 5.13 Å². The van der Waals surface area contributed by atoms with Crippen molar-refractivity contribution in [2.75, 3.05) is 22.8 Å². The molecule has 150 valence electrons. The molecule has 0 bridgehead atoms. The first-order valence-electron chi connectivity index (χ1n) is 8.93. The Labute approximate surface area is 172 Å². The molecule has 0 spiro atoms. The Morgan fingerprint density at radius 1 is 1.21 bits per heavy atom. The topological polar surface area (TPSA) is 101 Å². The number of hydrogen-bond donors (Lipinski definition) is 1. The van der Waals surface area contributed by atoms with Crippen molar-refractivity contribution in [2.45, 2.75) is 17.7 Å². The van der Waals surface area contributed by atoms with E-state index in [1.54, 1.807) is 29.2 Å². The number of hydrogen-bond acceptors (Lipinski definition) is 7. The Bertz CT molecular complexity index is 1100. The summed E-state index contributed by atoms with van der Waals surface area (Å²) >= 11 is 0.963. The van der Waals surface area contributed by atoms with Crippen LogP contribution in [0.15, 0.2) is 59.8 Å². The third-order valence-corrected chi connectivity index (χ3v) is 6.52. The zero-order valence-corrected chi connectivity index (χ0v) is 16.9. The number of benzene rings is 2. The number of aromatic nitrogens is 2. The van der Waals surface area contributed by atoms with Gasteiger partial charge in [-0.25, -0.2) is 13.4 Å². The first-order valence-corrected chi connectivity index (χ1v) is 11.2. The molecule has 4 rings (SSSR count). The third-order valence-electron chi connectivity index (χ3n) is 4.47. The molecule has 2 heterocycles. The van der Waals surface area contributed by atoms with Gasteiger partial charge >= 0.3 is 0 Å². The van der Waals surface area contributed by atoms with Crippen LogP contribution in [-0.4, -0.2) is 36.8 Å². The maximum absolute atomic E-state index is 12.7. The number of carbonyl (C=O) groups is 1. The maximum atomic E-state index is 12.7. The fraction of sp³-hybridized carbons (Fsp3) is 0.211. The minimum absolute atomic E-state index is 0.0812. The number of nitrogens with zero attached hydrogens (tertiary/aromatic N) is 3. The molecule has 0 saturated heterocycles. The second-order valence-electron chi connectivity index (χ2n) is 6.39. The van der Waals surface area contributed by atoms with Crippen LogP contribution >= 0.6 is 11.5 Å². The Morgan fingerprint density at radius 2 is 2.03 bits per heavy atom. The van der Waals surface area contributed by atoms with Crippen molar-refractivity contribution >= 4 is 38.3 Å². The van der Waals surface area contributed by atoms with Crippen molar-refractivity contribution in [3.05, 3.63) is 60.4 Å². The van der Waals surface area contributed by atoms with E-state index in [2.05, 4.69) is 14.1 Å². The molecule has 0 radical (unpaired) electrons. The normalized spacial score (nSPS) is 13.6. The van der Waals surface area contributed by atoms with Crippen molar-refractivity contribution in [2.24, 2.45) is 0 Å². The van der Waals surface area contributed by atoms with Crippen molar-refractivity contribution in [1.82, 2.24) is 9.36 Å². The molecule has 1 aliphatic rings. The van der Waals surface area contributed by atoms with Crippen LogP contribution in [0.3, 0.4) is 0 Å². The van der Waals surface area contributed by atoms with Crippen molar-refractivity contribution in [3.8, 4) is 5.75 Å². The van der Waals surface area contributed by atoms with Crippen molar-refractivity contribution < 1.29 is 17.9 Å². The zero-order chi connectivity index (χ0) is 20.3. The number of nitrogens with one attached hydrogen (secondary N) is 1. The lowest BCUT2D eigenvalue weighted by Crippen LogP contribution is -2.38. The highest BCUT2D eigenvalue weighted by Gasteiger charge is 2.25. The molecule has 1 amide bonds. The van der Waals surface area contributed by atoms with E-state index in [1.807, 2.05) is 18.2 Å². The molecule has 0 atom stereocenters. The molecule has 1 aliphatic heterocycles. The number of amides is 1. The lowest BCUT2D eigenvalue weighted by molar-refractivity contribution is -0.120. The molecule has 3 aromatic rings. The van der Waals surface area contributed by atoms with Crippen LogP contribution in [0.2, 0.25) is 0 Å². The molecule has 0 saturated carbocycles. The molecule has 1 aromatic heterocycles. The van der Waals surface area contributed by atoms with Gasteiger partial charge in [0.1, 0.15) is 12.1 Å². The quantitative estimate of drug-likeness (QED) is 0.645. The lowest BCUT2D eigenvalue weighted by atomic mass is 10.0.